The molecule has 0 aromatic carbocycles. The maximum absolute atomic E-state index is 10.0. The number of hydrogen-bond acceptors (Lipinski definition) is 4. The van der Waals surface area contributed by atoms with Crippen LogP contribution in [0.1, 0.15) is 25.8 Å². The van der Waals surface area contributed by atoms with E-state index in [-0.39, 0.29) is 0 Å². The second-order valence-electron chi connectivity index (χ2n) is 4.14. The summed E-state index contributed by atoms with van der Waals surface area (Å²) < 4.78 is 0. The molecule has 0 spiro atoms. The molecule has 1 atom stereocenters. The van der Waals surface area contributed by atoms with Crippen LogP contribution in [0.25, 0.3) is 0 Å². The van der Waals surface area contributed by atoms with Crippen LogP contribution in [0.2, 0.25) is 0 Å². The Bertz CT molecular complexity index is 257. The fraction of sp³-hybridized carbons (Fsp3) is 0.700. The highest BCUT2D eigenvalue weighted by molar-refractivity contribution is 7.09. The Hall–Kier alpha value is -0.450. The molecular weight excluding hydrogens is 196 g/mol. The molecule has 1 unspecified atom stereocenters. The smallest absolute Gasteiger partial charge is 0.0953 e. The number of aromatic nitrogens is 1. The highest BCUT2D eigenvalue weighted by atomic mass is 32.1. The predicted molar refractivity (Wildman–Crippen MR) is 59.6 cm³/mol. The van der Waals surface area contributed by atoms with Gasteiger partial charge in [0, 0.05) is 30.6 Å². The molecule has 0 bridgehead atoms. The Labute approximate surface area is 89.2 Å². The number of nitrogens with one attached hydrogen (secondary N) is 1. The molecule has 0 amide bonds. The van der Waals surface area contributed by atoms with Gasteiger partial charge in [-0.3, -0.25) is 0 Å². The minimum Gasteiger partial charge on any atom is -0.388 e. The molecular formula is C10H18N2OS. The summed E-state index contributed by atoms with van der Waals surface area (Å²) in [7, 11) is 0. The Morgan fingerprint density at radius 1 is 1.64 bits per heavy atom. The van der Waals surface area contributed by atoms with Crippen LogP contribution in [-0.4, -0.2) is 28.3 Å². The van der Waals surface area contributed by atoms with Crippen LogP contribution in [0.5, 0.6) is 0 Å². The zero-order valence-corrected chi connectivity index (χ0v) is 9.77. The molecule has 4 heteroatoms. The first-order valence-corrected chi connectivity index (χ1v) is 5.72. The number of hydrogen-bond donors (Lipinski definition) is 2. The predicted octanol–water partition coefficient (Wildman–Crippen LogP) is 1.43. The highest BCUT2D eigenvalue weighted by Crippen LogP contribution is 2.14. The molecule has 0 aliphatic heterocycles. The van der Waals surface area contributed by atoms with Crippen molar-refractivity contribution in [3.8, 4) is 0 Å². The quantitative estimate of drug-likeness (QED) is 0.779. The van der Waals surface area contributed by atoms with E-state index in [9.17, 15) is 5.11 Å². The van der Waals surface area contributed by atoms with Gasteiger partial charge in [-0.25, -0.2) is 4.98 Å². The van der Waals surface area contributed by atoms with Crippen molar-refractivity contribution in [1.29, 1.82) is 0 Å². The molecule has 0 saturated carbocycles. The van der Waals surface area contributed by atoms with Gasteiger partial charge in [0.25, 0.3) is 0 Å². The molecule has 1 heterocycles. The molecule has 1 aromatic heterocycles. The number of thiazole rings is 1. The van der Waals surface area contributed by atoms with Crippen molar-refractivity contribution < 1.29 is 5.11 Å². The highest BCUT2D eigenvalue weighted by Gasteiger charge is 2.22. The lowest BCUT2D eigenvalue weighted by atomic mass is 10.0. The fourth-order valence-electron chi connectivity index (χ4n) is 1.15. The first-order chi connectivity index (χ1) is 6.49. The molecule has 1 aromatic rings. The molecule has 0 fully saturated rings. The second kappa shape index (κ2) is 4.87. The largest absolute Gasteiger partial charge is 0.388 e. The molecule has 0 aliphatic carbocycles. The molecule has 0 saturated heterocycles. The van der Waals surface area contributed by atoms with Crippen LogP contribution in [0.3, 0.4) is 0 Å². The SMILES string of the molecule is CC(C)NCC(C)(O)Cc1nccs1. The summed E-state index contributed by atoms with van der Waals surface area (Å²) in [5.74, 6) is 0. The van der Waals surface area contributed by atoms with Gasteiger partial charge in [0.15, 0.2) is 0 Å². The summed E-state index contributed by atoms with van der Waals surface area (Å²) in [6.45, 7) is 6.58. The van der Waals surface area contributed by atoms with Crippen molar-refractivity contribution in [2.45, 2.75) is 38.8 Å². The van der Waals surface area contributed by atoms with Gasteiger partial charge in [-0.1, -0.05) is 13.8 Å². The standard InChI is InChI=1S/C10H18N2OS/c1-8(2)12-7-10(3,13)6-9-11-4-5-14-9/h4-5,8,12-13H,6-7H2,1-3H3. The van der Waals surface area contributed by atoms with Gasteiger partial charge in [0.05, 0.1) is 10.6 Å². The number of nitrogens with zero attached hydrogens (tertiary/aromatic N) is 1. The van der Waals surface area contributed by atoms with Crippen molar-refractivity contribution in [3.05, 3.63) is 16.6 Å². The van der Waals surface area contributed by atoms with E-state index in [0.717, 1.165) is 5.01 Å². The normalized spacial score (nSPS) is 15.8. The van der Waals surface area contributed by atoms with Crippen molar-refractivity contribution >= 4 is 11.3 Å². The molecule has 3 nitrogen and oxygen atoms in total. The average molecular weight is 214 g/mol. The van der Waals surface area contributed by atoms with E-state index in [0.29, 0.717) is 19.0 Å². The molecule has 0 aliphatic rings. The fourth-order valence-corrected chi connectivity index (χ4v) is 1.95. The van der Waals surface area contributed by atoms with E-state index in [4.69, 9.17) is 0 Å². The van der Waals surface area contributed by atoms with Crippen LogP contribution < -0.4 is 5.32 Å². The topological polar surface area (TPSA) is 45.1 Å². The maximum Gasteiger partial charge on any atom is 0.0953 e. The third kappa shape index (κ3) is 4.17. The van der Waals surface area contributed by atoms with Crippen LogP contribution in [0.15, 0.2) is 11.6 Å². The number of aliphatic hydroxyl groups is 1. The molecule has 14 heavy (non-hydrogen) atoms. The minimum absolute atomic E-state index is 0.401. The van der Waals surface area contributed by atoms with Gasteiger partial charge in [-0.05, 0) is 6.92 Å². The van der Waals surface area contributed by atoms with E-state index in [2.05, 4.69) is 24.1 Å². The van der Waals surface area contributed by atoms with E-state index in [1.165, 1.54) is 0 Å². The zero-order valence-electron chi connectivity index (χ0n) is 8.95. The zero-order chi connectivity index (χ0) is 10.6. The molecule has 80 valence electrons. The monoisotopic (exact) mass is 214 g/mol. The van der Waals surface area contributed by atoms with Crippen molar-refractivity contribution in [2.75, 3.05) is 6.54 Å². The Morgan fingerprint density at radius 2 is 2.36 bits per heavy atom. The van der Waals surface area contributed by atoms with Crippen LogP contribution in [0, 0.1) is 0 Å². The van der Waals surface area contributed by atoms with E-state index >= 15 is 0 Å². The van der Waals surface area contributed by atoms with E-state index in [1.807, 2.05) is 12.3 Å². The van der Waals surface area contributed by atoms with Crippen LogP contribution in [0.4, 0.5) is 0 Å². The van der Waals surface area contributed by atoms with Gasteiger partial charge in [0.2, 0.25) is 0 Å². The minimum atomic E-state index is -0.706. The summed E-state index contributed by atoms with van der Waals surface area (Å²) in [4.78, 5) is 4.16. The van der Waals surface area contributed by atoms with Crippen LogP contribution >= 0.6 is 11.3 Å². The van der Waals surface area contributed by atoms with E-state index < -0.39 is 5.60 Å². The summed E-state index contributed by atoms with van der Waals surface area (Å²) in [6, 6.07) is 0.401. The first kappa shape index (κ1) is 11.6. The Kier molecular flexibility index (Phi) is 4.04. The average Bonchev–Trinajstić information content (AvgIpc) is 2.53. The third-order valence-electron chi connectivity index (χ3n) is 1.91. The third-order valence-corrected chi connectivity index (χ3v) is 2.69. The lowest BCUT2D eigenvalue weighted by molar-refractivity contribution is 0.0581. The summed E-state index contributed by atoms with van der Waals surface area (Å²) in [5, 5.41) is 16.2. The lowest BCUT2D eigenvalue weighted by Gasteiger charge is -2.23. The van der Waals surface area contributed by atoms with Gasteiger partial charge in [-0.15, -0.1) is 11.3 Å². The van der Waals surface area contributed by atoms with Gasteiger partial charge >= 0.3 is 0 Å². The summed E-state index contributed by atoms with van der Waals surface area (Å²) in [5.41, 5.74) is -0.706. The molecule has 0 radical (unpaired) electrons. The summed E-state index contributed by atoms with van der Waals surface area (Å²) >= 11 is 1.59. The van der Waals surface area contributed by atoms with Crippen molar-refractivity contribution in [2.24, 2.45) is 0 Å². The summed E-state index contributed by atoms with van der Waals surface area (Å²) in [6.07, 6.45) is 2.39. The number of rotatable bonds is 5. The van der Waals surface area contributed by atoms with Gasteiger partial charge in [0.1, 0.15) is 0 Å². The van der Waals surface area contributed by atoms with Gasteiger partial charge < -0.3 is 10.4 Å². The van der Waals surface area contributed by atoms with Gasteiger partial charge in [-0.2, -0.15) is 0 Å². The molecule has 1 rings (SSSR count). The first-order valence-electron chi connectivity index (χ1n) is 4.84. The van der Waals surface area contributed by atoms with Crippen molar-refractivity contribution in [1.82, 2.24) is 10.3 Å². The Balaban J connectivity index is 2.41. The maximum atomic E-state index is 10.0. The molecule has 2 N–H and O–H groups in total. The second-order valence-corrected chi connectivity index (χ2v) is 5.11. The van der Waals surface area contributed by atoms with Crippen molar-refractivity contribution in [3.63, 3.8) is 0 Å². The lowest BCUT2D eigenvalue weighted by Crippen LogP contribution is -2.42. The Morgan fingerprint density at radius 3 is 2.86 bits per heavy atom. The van der Waals surface area contributed by atoms with Crippen LogP contribution in [-0.2, 0) is 6.42 Å². The van der Waals surface area contributed by atoms with E-state index in [1.54, 1.807) is 17.5 Å².